The van der Waals surface area contributed by atoms with Crippen LogP contribution in [0.2, 0.25) is 0 Å². The fraction of sp³-hybridized carbons (Fsp3) is 0.357. The SMILES string of the molecule is CC(C)(C)c1cn(Cc2ccc(COc3cccc4c3CN(C3CCC(=O)NC3=O)C4=O)cc2)cn1. The number of hydrogen-bond donors (Lipinski definition) is 1. The smallest absolute Gasteiger partial charge is 0.255 e. The number of ether oxygens (including phenoxy) is 1. The number of rotatable bonds is 6. The van der Waals surface area contributed by atoms with Gasteiger partial charge in [0.2, 0.25) is 11.8 Å². The van der Waals surface area contributed by atoms with E-state index in [0.29, 0.717) is 24.3 Å². The molecule has 8 nitrogen and oxygen atoms in total. The van der Waals surface area contributed by atoms with E-state index in [9.17, 15) is 14.4 Å². The number of fused-ring (bicyclic) bond motifs is 1. The van der Waals surface area contributed by atoms with Crippen LogP contribution in [0.4, 0.5) is 0 Å². The van der Waals surface area contributed by atoms with Gasteiger partial charge in [-0.2, -0.15) is 0 Å². The summed E-state index contributed by atoms with van der Waals surface area (Å²) >= 11 is 0. The van der Waals surface area contributed by atoms with E-state index in [1.807, 2.05) is 24.5 Å². The molecule has 8 heteroatoms. The zero-order chi connectivity index (χ0) is 25.4. The predicted octanol–water partition coefficient (Wildman–Crippen LogP) is 3.57. The number of carbonyl (C=O) groups is 3. The molecule has 0 aliphatic carbocycles. The summed E-state index contributed by atoms with van der Waals surface area (Å²) in [6.07, 6.45) is 4.53. The summed E-state index contributed by atoms with van der Waals surface area (Å²) < 4.78 is 8.20. The van der Waals surface area contributed by atoms with Crippen LogP contribution in [0.1, 0.15) is 66.4 Å². The van der Waals surface area contributed by atoms with E-state index in [2.05, 4.69) is 54.0 Å². The average molecular weight is 487 g/mol. The Balaban J connectivity index is 1.23. The van der Waals surface area contributed by atoms with Crippen molar-refractivity contribution in [2.75, 3.05) is 0 Å². The van der Waals surface area contributed by atoms with Crippen LogP contribution in [0.25, 0.3) is 0 Å². The molecule has 3 amide bonds. The molecule has 36 heavy (non-hydrogen) atoms. The standard InChI is InChI=1S/C28H30N4O4/c1-28(2,3)24-15-31(17-29-24)13-18-7-9-19(10-8-18)16-36-23-6-4-5-20-21(23)14-32(27(20)35)22-11-12-25(33)30-26(22)34/h4-10,15,17,22H,11-14,16H2,1-3H3,(H,30,33,34). The molecule has 3 heterocycles. The summed E-state index contributed by atoms with van der Waals surface area (Å²) in [5, 5.41) is 2.33. The molecule has 2 aromatic carbocycles. The van der Waals surface area contributed by atoms with Crippen molar-refractivity contribution in [3.05, 3.63) is 82.9 Å². The van der Waals surface area contributed by atoms with Crippen LogP contribution < -0.4 is 10.1 Å². The molecule has 1 aromatic heterocycles. The molecule has 0 radical (unpaired) electrons. The van der Waals surface area contributed by atoms with Crippen LogP contribution in [0, 0.1) is 0 Å². The molecule has 0 bridgehead atoms. The van der Waals surface area contributed by atoms with E-state index >= 15 is 0 Å². The number of carbonyl (C=O) groups excluding carboxylic acids is 3. The Labute approximate surface area is 210 Å². The Morgan fingerprint density at radius 3 is 2.50 bits per heavy atom. The molecular weight excluding hydrogens is 456 g/mol. The zero-order valence-electron chi connectivity index (χ0n) is 20.8. The number of hydrogen-bond acceptors (Lipinski definition) is 5. The highest BCUT2D eigenvalue weighted by Gasteiger charge is 2.40. The van der Waals surface area contributed by atoms with E-state index in [0.717, 1.165) is 23.4 Å². The monoisotopic (exact) mass is 486 g/mol. The highest BCUT2D eigenvalue weighted by atomic mass is 16.5. The molecular formula is C28H30N4O4. The Morgan fingerprint density at radius 1 is 1.06 bits per heavy atom. The van der Waals surface area contributed by atoms with Gasteiger partial charge in [0, 0.05) is 35.7 Å². The van der Waals surface area contributed by atoms with Crippen molar-refractivity contribution in [1.29, 1.82) is 0 Å². The summed E-state index contributed by atoms with van der Waals surface area (Å²) in [7, 11) is 0. The fourth-order valence-corrected chi connectivity index (χ4v) is 4.64. The molecule has 1 fully saturated rings. The first-order valence-electron chi connectivity index (χ1n) is 12.2. The normalized spacial score (nSPS) is 17.8. The summed E-state index contributed by atoms with van der Waals surface area (Å²) in [6, 6.07) is 13.0. The van der Waals surface area contributed by atoms with Gasteiger partial charge in [0.1, 0.15) is 18.4 Å². The van der Waals surface area contributed by atoms with Gasteiger partial charge in [-0.1, -0.05) is 51.1 Å². The Kier molecular flexibility index (Phi) is 6.12. The number of imide groups is 1. The third kappa shape index (κ3) is 4.76. The summed E-state index contributed by atoms with van der Waals surface area (Å²) in [5.74, 6) is -0.285. The van der Waals surface area contributed by atoms with Crippen LogP contribution >= 0.6 is 0 Å². The van der Waals surface area contributed by atoms with Crippen LogP contribution in [0.3, 0.4) is 0 Å². The third-order valence-electron chi connectivity index (χ3n) is 6.72. The summed E-state index contributed by atoms with van der Waals surface area (Å²) in [5.41, 5.74) is 4.60. The van der Waals surface area contributed by atoms with Gasteiger partial charge in [0.05, 0.1) is 18.6 Å². The van der Waals surface area contributed by atoms with Crippen molar-refractivity contribution >= 4 is 17.7 Å². The van der Waals surface area contributed by atoms with Crippen molar-refractivity contribution in [1.82, 2.24) is 19.8 Å². The Bertz CT molecular complexity index is 1320. The maximum Gasteiger partial charge on any atom is 0.255 e. The Morgan fingerprint density at radius 2 is 1.81 bits per heavy atom. The minimum Gasteiger partial charge on any atom is -0.489 e. The largest absolute Gasteiger partial charge is 0.489 e. The topological polar surface area (TPSA) is 93.5 Å². The predicted molar refractivity (Wildman–Crippen MR) is 133 cm³/mol. The van der Waals surface area contributed by atoms with E-state index in [4.69, 9.17) is 4.74 Å². The first-order chi connectivity index (χ1) is 17.2. The molecule has 0 spiro atoms. The van der Waals surface area contributed by atoms with Gasteiger partial charge >= 0.3 is 0 Å². The molecule has 5 rings (SSSR count). The molecule has 1 saturated heterocycles. The van der Waals surface area contributed by atoms with Gasteiger partial charge < -0.3 is 14.2 Å². The molecule has 1 unspecified atom stereocenters. The van der Waals surface area contributed by atoms with Gasteiger partial charge in [0.25, 0.3) is 5.91 Å². The minimum absolute atomic E-state index is 0.0214. The van der Waals surface area contributed by atoms with E-state index in [1.54, 1.807) is 12.1 Å². The van der Waals surface area contributed by atoms with Gasteiger partial charge in [-0.25, -0.2) is 4.98 Å². The van der Waals surface area contributed by atoms with E-state index in [-0.39, 0.29) is 30.2 Å². The second-order valence-electron chi connectivity index (χ2n) is 10.5. The van der Waals surface area contributed by atoms with Gasteiger partial charge in [-0.15, -0.1) is 0 Å². The lowest BCUT2D eigenvalue weighted by molar-refractivity contribution is -0.136. The van der Waals surface area contributed by atoms with E-state index in [1.165, 1.54) is 10.5 Å². The molecule has 2 aliphatic heterocycles. The van der Waals surface area contributed by atoms with Gasteiger partial charge in [-0.3, -0.25) is 19.7 Å². The molecule has 1 atom stereocenters. The number of benzene rings is 2. The summed E-state index contributed by atoms with van der Waals surface area (Å²) in [6.45, 7) is 7.85. The van der Waals surface area contributed by atoms with Gasteiger partial charge in [-0.05, 0) is 29.7 Å². The quantitative estimate of drug-likeness (QED) is 0.538. The maximum atomic E-state index is 13.0. The van der Waals surface area contributed by atoms with Crippen molar-refractivity contribution in [2.24, 2.45) is 0 Å². The zero-order valence-corrected chi connectivity index (χ0v) is 20.8. The molecule has 3 aromatic rings. The lowest BCUT2D eigenvalue weighted by Crippen LogP contribution is -2.52. The first-order valence-corrected chi connectivity index (χ1v) is 12.2. The molecule has 186 valence electrons. The van der Waals surface area contributed by atoms with Crippen LogP contribution in [0.15, 0.2) is 55.0 Å². The van der Waals surface area contributed by atoms with Crippen molar-refractivity contribution in [3.63, 3.8) is 0 Å². The average Bonchev–Trinajstić information content (AvgIpc) is 3.44. The highest BCUT2D eigenvalue weighted by molar-refractivity contribution is 6.05. The van der Waals surface area contributed by atoms with Crippen LogP contribution in [-0.2, 0) is 34.7 Å². The highest BCUT2D eigenvalue weighted by Crippen LogP contribution is 2.34. The number of aromatic nitrogens is 2. The molecule has 1 N–H and O–H groups in total. The Hall–Kier alpha value is -3.94. The van der Waals surface area contributed by atoms with Crippen LogP contribution in [-0.4, -0.2) is 38.2 Å². The number of imidazole rings is 1. The number of piperidine rings is 1. The number of nitrogens with zero attached hydrogens (tertiary/aromatic N) is 3. The van der Waals surface area contributed by atoms with Crippen molar-refractivity contribution in [2.45, 2.75) is 64.8 Å². The molecule has 2 aliphatic rings. The fourth-order valence-electron chi connectivity index (χ4n) is 4.64. The maximum absolute atomic E-state index is 13.0. The minimum atomic E-state index is -0.641. The molecule has 0 saturated carbocycles. The number of amides is 3. The van der Waals surface area contributed by atoms with Crippen molar-refractivity contribution < 1.29 is 19.1 Å². The lowest BCUT2D eigenvalue weighted by atomic mass is 9.93. The lowest BCUT2D eigenvalue weighted by Gasteiger charge is -2.29. The second kappa shape index (κ2) is 9.26. The van der Waals surface area contributed by atoms with Crippen molar-refractivity contribution in [3.8, 4) is 5.75 Å². The second-order valence-corrected chi connectivity index (χ2v) is 10.5. The number of nitrogens with one attached hydrogen (secondary N) is 1. The van der Waals surface area contributed by atoms with Gasteiger partial charge in [0.15, 0.2) is 0 Å². The first kappa shape index (κ1) is 23.8. The van der Waals surface area contributed by atoms with Crippen LogP contribution in [0.5, 0.6) is 5.75 Å². The van der Waals surface area contributed by atoms with E-state index < -0.39 is 11.9 Å². The third-order valence-corrected chi connectivity index (χ3v) is 6.72. The summed E-state index contributed by atoms with van der Waals surface area (Å²) in [4.78, 5) is 42.9.